The summed E-state index contributed by atoms with van der Waals surface area (Å²) in [7, 11) is 0. The van der Waals surface area contributed by atoms with Crippen LogP contribution in [0.1, 0.15) is 55.8 Å². The first-order chi connectivity index (χ1) is 15.4. The highest BCUT2D eigenvalue weighted by molar-refractivity contribution is 7.17. The Kier molecular flexibility index (Phi) is 6.00. The van der Waals surface area contributed by atoms with E-state index in [1.807, 2.05) is 12.1 Å². The van der Waals surface area contributed by atoms with Crippen molar-refractivity contribution in [2.75, 3.05) is 18.5 Å². The third-order valence-corrected chi connectivity index (χ3v) is 6.20. The molecule has 1 N–H and O–H groups in total. The summed E-state index contributed by atoms with van der Waals surface area (Å²) >= 11 is 1.05. The van der Waals surface area contributed by atoms with Gasteiger partial charge in [-0.15, -0.1) is 0 Å². The average Bonchev–Trinajstić information content (AvgIpc) is 3.14. The Balaban J connectivity index is 1.38. The van der Waals surface area contributed by atoms with Crippen LogP contribution in [0.2, 0.25) is 0 Å². The van der Waals surface area contributed by atoms with Gasteiger partial charge in [-0.05, 0) is 37.8 Å². The number of ether oxygens (including phenoxy) is 1. The lowest BCUT2D eigenvalue weighted by Gasteiger charge is -2.27. The van der Waals surface area contributed by atoms with E-state index < -0.39 is 5.97 Å². The third-order valence-electron chi connectivity index (χ3n) is 5.15. The molecule has 0 saturated carbocycles. The van der Waals surface area contributed by atoms with Crippen LogP contribution in [-0.2, 0) is 9.53 Å². The van der Waals surface area contributed by atoms with Gasteiger partial charge in [0.2, 0.25) is 5.91 Å². The molecular weight excluding hydrogens is 430 g/mol. The fourth-order valence-electron chi connectivity index (χ4n) is 3.70. The van der Waals surface area contributed by atoms with Crippen LogP contribution in [0.5, 0.6) is 0 Å². The molecule has 4 rings (SSSR count). The van der Waals surface area contributed by atoms with Crippen LogP contribution < -0.4 is 5.32 Å². The summed E-state index contributed by atoms with van der Waals surface area (Å²) < 4.78 is 4.97. The number of nitrogens with zero attached hydrogens (tertiary/aromatic N) is 2. The molecule has 0 bridgehead atoms. The number of hydrogen-bond acceptors (Lipinski definition) is 7. The van der Waals surface area contributed by atoms with Gasteiger partial charge < -0.3 is 10.1 Å². The van der Waals surface area contributed by atoms with E-state index in [1.54, 1.807) is 38.1 Å². The molecule has 1 aliphatic rings. The van der Waals surface area contributed by atoms with Crippen molar-refractivity contribution in [2.45, 2.75) is 26.7 Å². The van der Waals surface area contributed by atoms with Gasteiger partial charge in [0.25, 0.3) is 11.8 Å². The molecule has 1 aliphatic heterocycles. The Bertz CT molecular complexity index is 1200. The van der Waals surface area contributed by atoms with Gasteiger partial charge in [-0.1, -0.05) is 35.6 Å². The minimum absolute atomic E-state index is 0.0935. The molecule has 0 unspecified atom stereocenters. The third kappa shape index (κ3) is 3.99. The largest absolute Gasteiger partial charge is 0.462 e. The highest BCUT2D eigenvalue weighted by Gasteiger charge is 2.32. The molecule has 0 atom stereocenters. The molecule has 3 aromatic rings. The summed E-state index contributed by atoms with van der Waals surface area (Å²) in [5, 5.41) is 4.50. The summed E-state index contributed by atoms with van der Waals surface area (Å²) in [6, 6.07) is 10.8. The van der Waals surface area contributed by atoms with Crippen molar-refractivity contribution >= 4 is 50.9 Å². The molecule has 9 heteroatoms. The lowest BCUT2D eigenvalue weighted by atomic mass is 9.94. The lowest BCUT2D eigenvalue weighted by molar-refractivity contribution is -0.116. The number of hydrogen-bond donors (Lipinski definition) is 1. The van der Waals surface area contributed by atoms with Crippen LogP contribution in [0.3, 0.4) is 0 Å². The molecule has 8 nitrogen and oxygen atoms in total. The van der Waals surface area contributed by atoms with Crippen LogP contribution in [0.25, 0.3) is 10.8 Å². The molecule has 2 heterocycles. The molecule has 0 saturated heterocycles. The lowest BCUT2D eigenvalue weighted by Crippen LogP contribution is -2.41. The van der Waals surface area contributed by atoms with Crippen molar-refractivity contribution in [3.63, 3.8) is 0 Å². The van der Waals surface area contributed by atoms with E-state index in [-0.39, 0.29) is 37.3 Å². The van der Waals surface area contributed by atoms with Gasteiger partial charge >= 0.3 is 5.97 Å². The van der Waals surface area contributed by atoms with E-state index in [4.69, 9.17) is 4.74 Å². The van der Waals surface area contributed by atoms with Gasteiger partial charge in [0, 0.05) is 29.5 Å². The average molecular weight is 452 g/mol. The summed E-state index contributed by atoms with van der Waals surface area (Å²) in [5.41, 5.74) is 1.47. The minimum Gasteiger partial charge on any atom is -0.462 e. The maximum absolute atomic E-state index is 12.9. The van der Waals surface area contributed by atoms with E-state index in [1.165, 1.54) is 4.90 Å². The van der Waals surface area contributed by atoms with Crippen LogP contribution >= 0.6 is 11.3 Å². The van der Waals surface area contributed by atoms with Gasteiger partial charge in [0.05, 0.1) is 12.3 Å². The molecule has 0 spiro atoms. The number of benzene rings is 2. The molecular formula is C23H21N3O5S. The zero-order chi connectivity index (χ0) is 22.8. The van der Waals surface area contributed by atoms with E-state index in [0.717, 1.165) is 16.7 Å². The number of amides is 3. The maximum Gasteiger partial charge on any atom is 0.350 e. The second-order valence-corrected chi connectivity index (χ2v) is 8.28. The molecule has 0 fully saturated rings. The summed E-state index contributed by atoms with van der Waals surface area (Å²) in [6.07, 6.45) is 0.396. The first kappa shape index (κ1) is 21.6. The predicted molar refractivity (Wildman–Crippen MR) is 120 cm³/mol. The Morgan fingerprint density at radius 2 is 1.75 bits per heavy atom. The Morgan fingerprint density at radius 1 is 1.09 bits per heavy atom. The zero-order valence-corrected chi connectivity index (χ0v) is 18.5. The van der Waals surface area contributed by atoms with Crippen molar-refractivity contribution in [1.82, 2.24) is 9.88 Å². The number of carbonyl (C=O) groups is 4. The van der Waals surface area contributed by atoms with E-state index in [2.05, 4.69) is 10.3 Å². The molecule has 3 amide bonds. The first-order valence-electron chi connectivity index (χ1n) is 10.2. The normalized spacial score (nSPS) is 12.9. The SMILES string of the molecule is CCOC(=O)c1sc(NC(=O)CCCN2C(=O)c3cccc4cccc(c34)C2=O)nc1C. The van der Waals surface area contributed by atoms with Crippen LogP contribution in [-0.4, -0.2) is 46.7 Å². The van der Waals surface area contributed by atoms with Gasteiger partial charge in [-0.3, -0.25) is 19.3 Å². The molecule has 0 aliphatic carbocycles. The number of thiazole rings is 1. The fourth-order valence-corrected chi connectivity index (χ4v) is 4.58. The smallest absolute Gasteiger partial charge is 0.350 e. The van der Waals surface area contributed by atoms with Crippen molar-refractivity contribution in [3.05, 3.63) is 58.1 Å². The predicted octanol–water partition coefficient (Wildman–Crippen LogP) is 3.80. The molecule has 164 valence electrons. The van der Waals surface area contributed by atoms with Crippen LogP contribution in [0.15, 0.2) is 36.4 Å². The number of nitrogens with one attached hydrogen (secondary N) is 1. The summed E-state index contributed by atoms with van der Waals surface area (Å²) in [5.74, 6) is -1.49. The maximum atomic E-state index is 12.9. The second-order valence-electron chi connectivity index (χ2n) is 7.28. The quantitative estimate of drug-likeness (QED) is 0.433. The summed E-state index contributed by atoms with van der Waals surface area (Å²) in [4.78, 5) is 55.7. The number of anilines is 1. The van der Waals surface area contributed by atoms with E-state index in [0.29, 0.717) is 38.6 Å². The fraction of sp³-hybridized carbons (Fsp3) is 0.261. The minimum atomic E-state index is -0.472. The van der Waals surface area contributed by atoms with Crippen molar-refractivity contribution in [1.29, 1.82) is 0 Å². The van der Waals surface area contributed by atoms with E-state index >= 15 is 0 Å². The Labute approximate surface area is 188 Å². The number of rotatable bonds is 7. The number of aromatic nitrogens is 1. The van der Waals surface area contributed by atoms with Gasteiger partial charge in [-0.25, -0.2) is 9.78 Å². The molecule has 2 aromatic carbocycles. The molecule has 32 heavy (non-hydrogen) atoms. The number of carbonyl (C=O) groups excluding carboxylic acids is 4. The number of aryl methyl sites for hydroxylation is 1. The standard InChI is InChI=1S/C23H21N3O5S/c1-3-31-22(30)19-13(2)24-23(32-19)25-17(27)11-6-12-26-20(28)15-9-4-7-14-8-5-10-16(18(14)15)21(26)29/h4-5,7-10H,3,6,11-12H2,1-2H3,(H,24,25,27). The van der Waals surface area contributed by atoms with Crippen LogP contribution in [0.4, 0.5) is 5.13 Å². The molecule has 1 aromatic heterocycles. The second kappa shape index (κ2) is 8.88. The molecule has 0 radical (unpaired) electrons. The Morgan fingerprint density at radius 3 is 2.38 bits per heavy atom. The van der Waals surface area contributed by atoms with Crippen molar-refractivity contribution in [2.24, 2.45) is 0 Å². The topological polar surface area (TPSA) is 106 Å². The van der Waals surface area contributed by atoms with Crippen molar-refractivity contribution < 1.29 is 23.9 Å². The van der Waals surface area contributed by atoms with E-state index in [9.17, 15) is 19.2 Å². The van der Waals surface area contributed by atoms with Crippen LogP contribution in [0, 0.1) is 6.92 Å². The number of esters is 1. The highest BCUT2D eigenvalue weighted by atomic mass is 32.1. The number of imide groups is 1. The van der Waals surface area contributed by atoms with Gasteiger partial charge in [0.1, 0.15) is 4.88 Å². The Hall–Kier alpha value is -3.59. The van der Waals surface area contributed by atoms with Gasteiger partial charge in [0.15, 0.2) is 5.13 Å². The monoisotopic (exact) mass is 451 g/mol. The van der Waals surface area contributed by atoms with Gasteiger partial charge in [-0.2, -0.15) is 0 Å². The zero-order valence-electron chi connectivity index (χ0n) is 17.6. The first-order valence-corrected chi connectivity index (χ1v) is 11.0. The summed E-state index contributed by atoms with van der Waals surface area (Å²) in [6.45, 7) is 3.77. The highest BCUT2D eigenvalue weighted by Crippen LogP contribution is 2.30. The van der Waals surface area contributed by atoms with Crippen molar-refractivity contribution in [3.8, 4) is 0 Å².